The molecule has 0 saturated carbocycles. The van der Waals surface area contributed by atoms with Gasteiger partial charge in [-0.1, -0.05) is 19.1 Å². The van der Waals surface area contributed by atoms with Gasteiger partial charge in [0.15, 0.2) is 5.13 Å². The maximum atomic E-state index is 12.5. The second-order valence-electron chi connectivity index (χ2n) is 8.07. The fourth-order valence-electron chi connectivity index (χ4n) is 4.42. The number of hydrogen-bond acceptors (Lipinski definition) is 6. The minimum Gasteiger partial charge on any atom is -0.387 e. The molecule has 1 N–H and O–H groups in total. The van der Waals surface area contributed by atoms with E-state index >= 15 is 0 Å². The Kier molecular flexibility index (Phi) is 6.18. The van der Waals surface area contributed by atoms with Crippen LogP contribution in [0.3, 0.4) is 0 Å². The normalized spacial score (nSPS) is 20.7. The Bertz CT molecular complexity index is 833. The van der Waals surface area contributed by atoms with E-state index in [0.29, 0.717) is 13.0 Å². The number of carbonyl (C=O) groups is 1. The molecule has 0 bridgehead atoms. The smallest absolute Gasteiger partial charge is 0.227 e. The van der Waals surface area contributed by atoms with Crippen LogP contribution in [0.2, 0.25) is 0 Å². The first-order valence-electron chi connectivity index (χ1n) is 10.6. The summed E-state index contributed by atoms with van der Waals surface area (Å²) in [7, 11) is 0. The van der Waals surface area contributed by atoms with Crippen molar-refractivity contribution >= 4 is 28.1 Å². The molecule has 0 aliphatic carbocycles. The highest BCUT2D eigenvalue weighted by molar-refractivity contribution is 7.13. The molecule has 0 unspecified atom stereocenters. The summed E-state index contributed by atoms with van der Waals surface area (Å²) in [4.78, 5) is 23.4. The third-order valence-corrected chi connectivity index (χ3v) is 6.76. The van der Waals surface area contributed by atoms with E-state index in [4.69, 9.17) is 0 Å². The van der Waals surface area contributed by atoms with Gasteiger partial charge in [0, 0.05) is 62.5 Å². The van der Waals surface area contributed by atoms with E-state index in [-0.39, 0.29) is 11.9 Å². The number of rotatable bonds is 6. The Balaban J connectivity index is 1.37. The lowest BCUT2D eigenvalue weighted by Gasteiger charge is -2.35. The number of nitrogens with zero attached hydrogens (tertiary/aromatic N) is 4. The molecule has 1 fully saturated rings. The molecule has 3 heterocycles. The van der Waals surface area contributed by atoms with Gasteiger partial charge in [0.25, 0.3) is 0 Å². The summed E-state index contributed by atoms with van der Waals surface area (Å²) >= 11 is 1.68. The number of anilines is 2. The molecule has 1 saturated heterocycles. The van der Waals surface area contributed by atoms with Gasteiger partial charge in [-0.3, -0.25) is 9.69 Å². The van der Waals surface area contributed by atoms with Gasteiger partial charge >= 0.3 is 0 Å². The molecule has 29 heavy (non-hydrogen) atoms. The van der Waals surface area contributed by atoms with Crippen LogP contribution < -0.4 is 9.80 Å². The molecule has 0 spiro atoms. The number of β-amino-alcohol motifs (C(OH)–C–C–N with tert-alkyl or cyclic N) is 1. The zero-order valence-electron chi connectivity index (χ0n) is 17.3. The van der Waals surface area contributed by atoms with Crippen LogP contribution in [0.25, 0.3) is 0 Å². The highest BCUT2D eigenvalue weighted by Crippen LogP contribution is 2.35. The third kappa shape index (κ3) is 4.32. The van der Waals surface area contributed by atoms with E-state index in [9.17, 15) is 9.90 Å². The zero-order chi connectivity index (χ0) is 20.4. The zero-order valence-corrected chi connectivity index (χ0v) is 18.1. The highest BCUT2D eigenvalue weighted by atomic mass is 32.1. The lowest BCUT2D eigenvalue weighted by atomic mass is 10.0. The fourth-order valence-corrected chi connectivity index (χ4v) is 5.11. The van der Waals surface area contributed by atoms with Crippen molar-refractivity contribution < 1.29 is 9.90 Å². The molecule has 2 aromatic rings. The Labute approximate surface area is 176 Å². The van der Waals surface area contributed by atoms with Gasteiger partial charge in [0.2, 0.25) is 5.91 Å². The second kappa shape index (κ2) is 8.81. The molecule has 0 radical (unpaired) electrons. The molecule has 4 rings (SSSR count). The van der Waals surface area contributed by atoms with E-state index in [1.807, 2.05) is 35.5 Å². The van der Waals surface area contributed by atoms with Gasteiger partial charge in [-0.25, -0.2) is 4.98 Å². The summed E-state index contributed by atoms with van der Waals surface area (Å²) < 4.78 is 0. The summed E-state index contributed by atoms with van der Waals surface area (Å²) in [6.07, 6.45) is 3.65. The molecule has 2 atom stereocenters. The van der Waals surface area contributed by atoms with E-state index in [1.54, 1.807) is 11.3 Å². The molecule has 156 valence electrons. The van der Waals surface area contributed by atoms with Crippen molar-refractivity contribution in [3.8, 4) is 0 Å². The number of aliphatic hydroxyl groups is 1. The first-order valence-corrected chi connectivity index (χ1v) is 11.4. The molecule has 2 aliphatic rings. The second-order valence-corrected chi connectivity index (χ2v) is 8.95. The molecule has 6 nitrogen and oxygen atoms in total. The molecule has 1 aromatic carbocycles. The van der Waals surface area contributed by atoms with Gasteiger partial charge in [-0.15, -0.1) is 11.3 Å². The Morgan fingerprint density at radius 1 is 1.31 bits per heavy atom. The van der Waals surface area contributed by atoms with Crippen LogP contribution in [0.15, 0.2) is 29.8 Å². The number of carbonyl (C=O) groups excluding carboxylic acids is 1. The van der Waals surface area contributed by atoms with Crippen molar-refractivity contribution in [1.82, 2.24) is 9.88 Å². The van der Waals surface area contributed by atoms with Crippen molar-refractivity contribution in [2.75, 3.05) is 42.5 Å². The number of aromatic nitrogens is 1. The molecule has 1 amide bonds. The average Bonchev–Trinajstić information content (AvgIpc) is 3.35. The topological polar surface area (TPSA) is 59.9 Å². The van der Waals surface area contributed by atoms with Gasteiger partial charge in [-0.2, -0.15) is 0 Å². The minimum atomic E-state index is -0.512. The predicted molar refractivity (Wildman–Crippen MR) is 118 cm³/mol. The van der Waals surface area contributed by atoms with Crippen LogP contribution in [-0.2, 0) is 11.2 Å². The summed E-state index contributed by atoms with van der Waals surface area (Å²) in [5, 5.41) is 13.9. The van der Waals surface area contributed by atoms with Gasteiger partial charge < -0.3 is 14.9 Å². The van der Waals surface area contributed by atoms with Crippen molar-refractivity contribution in [1.29, 1.82) is 0 Å². The lowest BCUT2D eigenvalue weighted by Crippen LogP contribution is -2.47. The summed E-state index contributed by atoms with van der Waals surface area (Å²) in [5.41, 5.74) is 3.14. The Morgan fingerprint density at radius 2 is 2.10 bits per heavy atom. The maximum absolute atomic E-state index is 12.5. The lowest BCUT2D eigenvalue weighted by molar-refractivity contribution is -0.118. The first-order chi connectivity index (χ1) is 14.1. The van der Waals surface area contributed by atoms with Crippen LogP contribution in [0, 0.1) is 0 Å². The van der Waals surface area contributed by atoms with E-state index in [2.05, 4.69) is 27.8 Å². The monoisotopic (exact) mass is 414 g/mol. The summed E-state index contributed by atoms with van der Waals surface area (Å²) in [6, 6.07) is 6.29. The third-order valence-electron chi connectivity index (χ3n) is 5.93. The number of piperazine rings is 1. The number of benzene rings is 1. The van der Waals surface area contributed by atoms with Crippen LogP contribution in [0.1, 0.15) is 43.9 Å². The van der Waals surface area contributed by atoms with Crippen molar-refractivity contribution in [2.45, 2.75) is 45.3 Å². The highest BCUT2D eigenvalue weighted by Gasteiger charge is 2.31. The van der Waals surface area contributed by atoms with Gasteiger partial charge in [-0.05, 0) is 37.0 Å². The largest absolute Gasteiger partial charge is 0.387 e. The molecule has 7 heteroatoms. The summed E-state index contributed by atoms with van der Waals surface area (Å²) in [6.45, 7) is 8.52. The standard InChI is InChI=1S/C22H30N4O2S/c1-3-4-21(28)26-16(2)13-18-14-17(5-6-19(18)26)20(27)15-24-8-10-25(11-9-24)22-23-7-12-29-22/h5-7,12,14,16,20,27H,3-4,8-11,13,15H2,1-2H3/t16-,20-/m0/s1. The van der Waals surface area contributed by atoms with E-state index < -0.39 is 6.10 Å². The average molecular weight is 415 g/mol. The molecule has 2 aliphatic heterocycles. The minimum absolute atomic E-state index is 0.190. The number of aliphatic hydroxyl groups excluding tert-OH is 1. The van der Waals surface area contributed by atoms with Gasteiger partial charge in [0.1, 0.15) is 0 Å². The van der Waals surface area contributed by atoms with Crippen LogP contribution >= 0.6 is 11.3 Å². The fraction of sp³-hybridized carbons (Fsp3) is 0.545. The van der Waals surface area contributed by atoms with Gasteiger partial charge in [0.05, 0.1) is 6.10 Å². The van der Waals surface area contributed by atoms with E-state index in [0.717, 1.165) is 55.4 Å². The molecular weight excluding hydrogens is 384 g/mol. The number of thiazole rings is 1. The molecular formula is C22H30N4O2S. The van der Waals surface area contributed by atoms with Crippen LogP contribution in [0.4, 0.5) is 10.8 Å². The molecule has 1 aromatic heterocycles. The Morgan fingerprint density at radius 3 is 2.79 bits per heavy atom. The first kappa shape index (κ1) is 20.3. The maximum Gasteiger partial charge on any atom is 0.227 e. The van der Waals surface area contributed by atoms with Crippen molar-refractivity contribution in [2.24, 2.45) is 0 Å². The van der Waals surface area contributed by atoms with Crippen LogP contribution in [0.5, 0.6) is 0 Å². The van der Waals surface area contributed by atoms with E-state index in [1.165, 1.54) is 5.56 Å². The number of fused-ring (bicyclic) bond motifs is 1. The van der Waals surface area contributed by atoms with Crippen molar-refractivity contribution in [3.05, 3.63) is 40.9 Å². The predicted octanol–water partition coefficient (Wildman–Crippen LogP) is 3.08. The summed E-state index contributed by atoms with van der Waals surface area (Å²) in [5.74, 6) is 0.199. The quantitative estimate of drug-likeness (QED) is 0.787. The number of amides is 1. The SMILES string of the molecule is CCCC(=O)N1c2ccc([C@@H](O)CN3CCN(c4nccs4)CC3)cc2C[C@@H]1C. The number of hydrogen-bond donors (Lipinski definition) is 1. The van der Waals surface area contributed by atoms with Crippen LogP contribution in [-0.4, -0.2) is 59.7 Å². The van der Waals surface area contributed by atoms with Crippen molar-refractivity contribution in [3.63, 3.8) is 0 Å². The Hall–Kier alpha value is -1.96.